The molecule has 2 aromatic heterocycles. The van der Waals surface area contributed by atoms with Crippen molar-refractivity contribution in [1.82, 2.24) is 19.6 Å². The average Bonchev–Trinajstić information content (AvgIpc) is 2.42. The van der Waals surface area contributed by atoms with E-state index in [1.807, 2.05) is 0 Å². The first-order chi connectivity index (χ1) is 6.16. The quantitative estimate of drug-likeness (QED) is 0.605. The molecule has 0 radical (unpaired) electrons. The number of carboxylic acids is 1. The molecule has 0 saturated carbocycles. The Hall–Kier alpha value is -2.18. The zero-order valence-corrected chi connectivity index (χ0v) is 6.38. The third-order valence-corrected chi connectivity index (χ3v) is 1.44. The summed E-state index contributed by atoms with van der Waals surface area (Å²) in [6, 6.07) is 1.32. The number of anilines is 1. The molecule has 0 aliphatic rings. The molecule has 0 unspecified atom stereocenters. The molecule has 0 saturated heterocycles. The minimum atomic E-state index is -1.11. The molecule has 0 amide bonds. The van der Waals surface area contributed by atoms with Gasteiger partial charge in [0, 0.05) is 6.20 Å². The smallest absolute Gasteiger partial charge is 0.354 e. The lowest BCUT2D eigenvalue weighted by atomic mass is 10.4. The van der Waals surface area contributed by atoms with Gasteiger partial charge in [-0.1, -0.05) is 0 Å². The summed E-state index contributed by atoms with van der Waals surface area (Å²) in [7, 11) is 0. The molecule has 0 fully saturated rings. The fourth-order valence-electron chi connectivity index (χ4n) is 0.913. The van der Waals surface area contributed by atoms with Crippen molar-refractivity contribution in [3.05, 3.63) is 18.0 Å². The molecular weight excluding hydrogens is 174 g/mol. The zero-order valence-electron chi connectivity index (χ0n) is 6.38. The molecule has 0 bridgehead atoms. The summed E-state index contributed by atoms with van der Waals surface area (Å²) in [5.74, 6) is -0.864. The molecule has 0 aromatic carbocycles. The van der Waals surface area contributed by atoms with E-state index in [2.05, 4.69) is 15.1 Å². The van der Waals surface area contributed by atoms with E-state index in [0.717, 1.165) is 0 Å². The molecule has 2 aromatic rings. The normalized spacial score (nSPS) is 10.5. The van der Waals surface area contributed by atoms with Gasteiger partial charge < -0.3 is 10.8 Å². The molecule has 0 atom stereocenters. The Morgan fingerprint density at radius 2 is 2.31 bits per heavy atom. The molecule has 7 nitrogen and oxygen atoms in total. The van der Waals surface area contributed by atoms with Gasteiger partial charge in [-0.25, -0.2) is 14.3 Å². The number of hydrogen-bond acceptors (Lipinski definition) is 5. The van der Waals surface area contributed by atoms with E-state index < -0.39 is 5.97 Å². The van der Waals surface area contributed by atoms with Crippen LogP contribution in [-0.2, 0) is 0 Å². The Kier molecular flexibility index (Phi) is 1.38. The predicted molar refractivity (Wildman–Crippen MR) is 42.2 cm³/mol. The van der Waals surface area contributed by atoms with Crippen LogP contribution in [0.4, 0.5) is 5.95 Å². The number of carboxylic acid groups (broad SMARTS) is 1. The summed E-state index contributed by atoms with van der Waals surface area (Å²) in [5, 5.41) is 12.3. The first-order valence-corrected chi connectivity index (χ1v) is 3.39. The lowest BCUT2D eigenvalue weighted by Crippen LogP contribution is -2.02. The van der Waals surface area contributed by atoms with Crippen LogP contribution in [0.15, 0.2) is 12.3 Å². The van der Waals surface area contributed by atoms with Crippen molar-refractivity contribution in [3.63, 3.8) is 0 Å². The van der Waals surface area contributed by atoms with Gasteiger partial charge in [0.15, 0.2) is 5.69 Å². The minimum Gasteiger partial charge on any atom is -0.477 e. The fraction of sp³-hybridized carbons (Fsp3) is 0. The zero-order chi connectivity index (χ0) is 9.42. The number of hydrogen-bond donors (Lipinski definition) is 2. The number of carbonyl (C=O) groups is 1. The van der Waals surface area contributed by atoms with Crippen LogP contribution < -0.4 is 5.73 Å². The highest BCUT2D eigenvalue weighted by Gasteiger charge is 2.07. The highest BCUT2D eigenvalue weighted by molar-refractivity contribution is 5.85. The molecule has 13 heavy (non-hydrogen) atoms. The van der Waals surface area contributed by atoms with Crippen molar-refractivity contribution in [2.75, 3.05) is 5.73 Å². The summed E-state index contributed by atoms with van der Waals surface area (Å²) in [5.41, 5.74) is 5.20. The molecule has 2 heterocycles. The molecule has 0 aliphatic carbocycles. The van der Waals surface area contributed by atoms with Crippen molar-refractivity contribution in [3.8, 4) is 0 Å². The monoisotopic (exact) mass is 179 g/mol. The third kappa shape index (κ3) is 1.15. The van der Waals surface area contributed by atoms with Crippen molar-refractivity contribution < 1.29 is 9.90 Å². The van der Waals surface area contributed by atoms with Crippen LogP contribution in [0.1, 0.15) is 10.5 Å². The Morgan fingerprint density at radius 1 is 1.54 bits per heavy atom. The van der Waals surface area contributed by atoms with E-state index in [0.29, 0.717) is 0 Å². The number of aromatic nitrogens is 4. The lowest BCUT2D eigenvalue weighted by molar-refractivity contribution is 0.0690. The van der Waals surface area contributed by atoms with E-state index in [1.165, 1.54) is 16.8 Å². The number of nitrogens with zero attached hydrogens (tertiary/aromatic N) is 4. The van der Waals surface area contributed by atoms with E-state index in [4.69, 9.17) is 10.8 Å². The van der Waals surface area contributed by atoms with E-state index in [-0.39, 0.29) is 17.4 Å². The van der Waals surface area contributed by atoms with Crippen molar-refractivity contribution >= 4 is 17.7 Å². The van der Waals surface area contributed by atoms with Crippen LogP contribution in [0.3, 0.4) is 0 Å². The van der Waals surface area contributed by atoms with Gasteiger partial charge >= 0.3 is 5.97 Å². The van der Waals surface area contributed by atoms with Crippen LogP contribution in [0.5, 0.6) is 0 Å². The van der Waals surface area contributed by atoms with Gasteiger partial charge in [0.2, 0.25) is 5.95 Å². The average molecular weight is 179 g/mol. The van der Waals surface area contributed by atoms with Gasteiger partial charge in [0.1, 0.15) is 0 Å². The van der Waals surface area contributed by atoms with E-state index >= 15 is 0 Å². The molecular formula is C6H5N5O2. The van der Waals surface area contributed by atoms with Crippen LogP contribution in [0.25, 0.3) is 5.78 Å². The first-order valence-electron chi connectivity index (χ1n) is 3.39. The highest BCUT2D eigenvalue weighted by atomic mass is 16.4. The maximum Gasteiger partial charge on any atom is 0.354 e. The molecule has 2 rings (SSSR count). The summed E-state index contributed by atoms with van der Waals surface area (Å²) < 4.78 is 1.31. The number of nitrogen functional groups attached to an aromatic ring is 1. The Labute approximate surface area is 71.8 Å². The Bertz CT molecular complexity index is 477. The number of rotatable bonds is 1. The molecule has 3 N–H and O–H groups in total. The summed E-state index contributed by atoms with van der Waals surface area (Å²) in [4.78, 5) is 17.9. The van der Waals surface area contributed by atoms with Gasteiger partial charge in [-0.15, -0.1) is 5.10 Å². The predicted octanol–water partition coefficient (Wildman–Crippen LogP) is -0.595. The van der Waals surface area contributed by atoms with Crippen molar-refractivity contribution in [2.45, 2.75) is 0 Å². The molecule has 66 valence electrons. The van der Waals surface area contributed by atoms with Gasteiger partial charge in [0.25, 0.3) is 5.78 Å². The fourth-order valence-corrected chi connectivity index (χ4v) is 0.913. The van der Waals surface area contributed by atoms with Crippen LogP contribution in [0, 0.1) is 0 Å². The molecule has 0 spiro atoms. The van der Waals surface area contributed by atoms with Crippen LogP contribution in [-0.4, -0.2) is 30.7 Å². The topological polar surface area (TPSA) is 106 Å². The van der Waals surface area contributed by atoms with Crippen molar-refractivity contribution in [2.24, 2.45) is 0 Å². The SMILES string of the molecule is Nc1nc2nc(C(=O)O)ccn2n1. The second-order valence-corrected chi connectivity index (χ2v) is 2.33. The second-order valence-electron chi connectivity index (χ2n) is 2.33. The van der Waals surface area contributed by atoms with Gasteiger partial charge in [-0.2, -0.15) is 4.98 Å². The second kappa shape index (κ2) is 2.41. The maximum absolute atomic E-state index is 10.5. The highest BCUT2D eigenvalue weighted by Crippen LogP contribution is 2.01. The van der Waals surface area contributed by atoms with E-state index in [9.17, 15) is 4.79 Å². The minimum absolute atomic E-state index is 0.0649. The van der Waals surface area contributed by atoms with Crippen LogP contribution in [0.2, 0.25) is 0 Å². The van der Waals surface area contributed by atoms with Gasteiger partial charge in [0.05, 0.1) is 0 Å². The van der Waals surface area contributed by atoms with Crippen molar-refractivity contribution in [1.29, 1.82) is 0 Å². The first kappa shape index (κ1) is 7.47. The van der Waals surface area contributed by atoms with Crippen LogP contribution >= 0.6 is 0 Å². The Balaban J connectivity index is 2.67. The van der Waals surface area contributed by atoms with Gasteiger partial charge in [-0.3, -0.25) is 0 Å². The number of nitrogens with two attached hydrogens (primary N) is 1. The number of fused-ring (bicyclic) bond motifs is 1. The van der Waals surface area contributed by atoms with Gasteiger partial charge in [-0.05, 0) is 6.07 Å². The summed E-state index contributed by atoms with van der Waals surface area (Å²) in [6.07, 6.45) is 1.44. The third-order valence-electron chi connectivity index (χ3n) is 1.44. The lowest BCUT2D eigenvalue weighted by Gasteiger charge is -1.92. The summed E-state index contributed by atoms with van der Waals surface area (Å²) >= 11 is 0. The van der Waals surface area contributed by atoms with E-state index in [1.54, 1.807) is 0 Å². The maximum atomic E-state index is 10.5. The standard InChI is InChI=1S/C6H5N5O2/c7-5-9-6-8-3(4(12)13)1-2-11(6)10-5/h1-2H,(H2,7,10)(H,12,13). The Morgan fingerprint density at radius 3 is 3.00 bits per heavy atom. The molecule has 0 aliphatic heterocycles. The summed E-state index contributed by atoms with van der Waals surface area (Å²) in [6.45, 7) is 0. The largest absolute Gasteiger partial charge is 0.477 e. The number of aromatic carboxylic acids is 1. The molecule has 7 heteroatoms.